The molecule has 152 valence electrons. The Balaban J connectivity index is 0. The second-order valence-electron chi connectivity index (χ2n) is 7.42. The number of hydrogen-bond acceptors (Lipinski definition) is 4. The molecule has 0 aliphatic rings. The van der Waals surface area contributed by atoms with Crippen molar-refractivity contribution in [3.05, 3.63) is 0 Å². The minimum Gasteiger partial charge on any atom is -0.748 e. The Hall–Kier alpha value is 0.870. The number of rotatable bonds is 18. The van der Waals surface area contributed by atoms with Gasteiger partial charge in [-0.25, -0.2) is 8.42 Å². The first-order valence-electron chi connectivity index (χ1n) is 10.6. The van der Waals surface area contributed by atoms with Crippen LogP contribution >= 0.6 is 0 Å². The van der Waals surface area contributed by atoms with Gasteiger partial charge in [-0.2, -0.15) is 0 Å². The molecular formula is C20H41NaO4S. The van der Waals surface area contributed by atoms with Gasteiger partial charge in [0.1, 0.15) is 10.1 Å². The van der Waals surface area contributed by atoms with Gasteiger partial charge in [-0.3, -0.25) is 0 Å². The van der Waals surface area contributed by atoms with E-state index >= 15 is 0 Å². The third kappa shape index (κ3) is 17.0. The maximum absolute atomic E-state index is 11.5. The predicted octanol–water partition coefficient (Wildman–Crippen LogP) is 2.55. The molecule has 6 heteroatoms. The molecule has 0 radical (unpaired) electrons. The summed E-state index contributed by atoms with van der Waals surface area (Å²) >= 11 is 0. The van der Waals surface area contributed by atoms with Crippen molar-refractivity contribution in [3.8, 4) is 0 Å². The molecule has 0 rings (SSSR count). The fourth-order valence-electron chi connectivity index (χ4n) is 3.33. The van der Waals surface area contributed by atoms with E-state index in [4.69, 9.17) is 0 Å². The largest absolute Gasteiger partial charge is 1.00 e. The summed E-state index contributed by atoms with van der Waals surface area (Å²) in [5, 5.41) is 9.02. The Bertz CT molecular complexity index is 387. The molecule has 0 bridgehead atoms. The number of hydrogen-bond donors (Lipinski definition) is 1. The average Bonchev–Trinajstić information content (AvgIpc) is 2.55. The van der Waals surface area contributed by atoms with Crippen LogP contribution in [0, 0.1) is 0 Å². The van der Waals surface area contributed by atoms with E-state index in [0.717, 1.165) is 44.9 Å². The fraction of sp³-hybridized carbons (Fsp3) is 1.00. The third-order valence-electron chi connectivity index (χ3n) is 5.00. The van der Waals surface area contributed by atoms with E-state index in [1.54, 1.807) is 0 Å². The van der Waals surface area contributed by atoms with Gasteiger partial charge in [-0.05, 0) is 12.8 Å². The first-order valence-corrected chi connectivity index (χ1v) is 12.0. The molecule has 0 heterocycles. The Labute approximate surface area is 185 Å². The van der Waals surface area contributed by atoms with Crippen LogP contribution in [0.5, 0.6) is 0 Å². The predicted molar refractivity (Wildman–Crippen MR) is 105 cm³/mol. The van der Waals surface area contributed by atoms with E-state index in [1.165, 1.54) is 38.5 Å². The molecule has 0 spiro atoms. The van der Waals surface area contributed by atoms with Crippen LogP contribution in [0.25, 0.3) is 0 Å². The topological polar surface area (TPSA) is 77.4 Å². The van der Waals surface area contributed by atoms with Crippen molar-refractivity contribution >= 4 is 10.1 Å². The summed E-state index contributed by atoms with van der Waals surface area (Å²) in [5.74, 6) is 0. The number of aliphatic hydroxyl groups is 1. The molecule has 1 N–H and O–H groups in total. The van der Waals surface area contributed by atoms with E-state index < -0.39 is 21.5 Å². The summed E-state index contributed by atoms with van der Waals surface area (Å²) in [6.07, 6.45) is 15.3. The maximum atomic E-state index is 11.5. The number of aliphatic hydroxyl groups excluding tert-OH is 1. The van der Waals surface area contributed by atoms with Crippen LogP contribution in [0.15, 0.2) is 0 Å². The molecule has 0 aromatic carbocycles. The molecule has 0 aromatic heterocycles. The summed E-state index contributed by atoms with van der Waals surface area (Å²) in [4.78, 5) is 0. The fourth-order valence-corrected chi connectivity index (χ4v) is 4.30. The molecular weight excluding hydrogens is 359 g/mol. The van der Waals surface area contributed by atoms with Crippen LogP contribution in [0.1, 0.15) is 117 Å². The van der Waals surface area contributed by atoms with Gasteiger partial charge < -0.3 is 9.66 Å². The molecule has 2 unspecified atom stereocenters. The van der Waals surface area contributed by atoms with Gasteiger partial charge in [0.2, 0.25) is 0 Å². The first-order chi connectivity index (χ1) is 11.9. The van der Waals surface area contributed by atoms with Crippen molar-refractivity contribution in [2.75, 3.05) is 0 Å². The van der Waals surface area contributed by atoms with Crippen molar-refractivity contribution in [1.29, 1.82) is 0 Å². The van der Waals surface area contributed by atoms with Gasteiger partial charge in [-0.1, -0.05) is 104 Å². The average molecular weight is 401 g/mol. The molecule has 2 atom stereocenters. The van der Waals surface area contributed by atoms with Crippen LogP contribution < -0.4 is 29.6 Å². The Morgan fingerprint density at radius 3 is 1.42 bits per heavy atom. The van der Waals surface area contributed by atoms with Crippen molar-refractivity contribution in [1.82, 2.24) is 0 Å². The van der Waals surface area contributed by atoms with Crippen LogP contribution in [0.4, 0.5) is 0 Å². The van der Waals surface area contributed by atoms with E-state index in [2.05, 4.69) is 13.8 Å². The van der Waals surface area contributed by atoms with E-state index in [0.29, 0.717) is 19.3 Å². The van der Waals surface area contributed by atoms with Gasteiger partial charge >= 0.3 is 29.6 Å². The standard InChI is InChI=1S/C20H42O4S.Na/c1-3-5-7-9-10-11-12-14-16-18-20(25(22,23)24)19(21)17-15-13-8-6-4-2;/h19-21H,3-18H2,1-2H3,(H,22,23,24);/q;+1/p-1. The van der Waals surface area contributed by atoms with E-state index in [9.17, 15) is 18.1 Å². The Kier molecular flexibility index (Phi) is 21.5. The van der Waals surface area contributed by atoms with Crippen molar-refractivity contribution in [3.63, 3.8) is 0 Å². The third-order valence-corrected chi connectivity index (χ3v) is 6.29. The van der Waals surface area contributed by atoms with Gasteiger partial charge in [0.15, 0.2) is 0 Å². The summed E-state index contributed by atoms with van der Waals surface area (Å²) in [7, 11) is -4.42. The van der Waals surface area contributed by atoms with Gasteiger partial charge in [0.05, 0.1) is 11.4 Å². The smallest absolute Gasteiger partial charge is 0.748 e. The molecule has 0 aliphatic carbocycles. The summed E-state index contributed by atoms with van der Waals surface area (Å²) in [6, 6.07) is 0. The van der Waals surface area contributed by atoms with Crippen molar-refractivity contribution in [2.45, 2.75) is 128 Å². The van der Waals surface area contributed by atoms with E-state index in [-0.39, 0.29) is 29.6 Å². The molecule has 0 amide bonds. The molecule has 0 saturated carbocycles. The second-order valence-corrected chi connectivity index (χ2v) is 9.01. The van der Waals surface area contributed by atoms with Gasteiger partial charge in [0, 0.05) is 0 Å². The normalized spacial score (nSPS) is 14.0. The maximum Gasteiger partial charge on any atom is 1.00 e. The molecule has 0 saturated heterocycles. The Morgan fingerprint density at radius 1 is 0.692 bits per heavy atom. The second kappa shape index (κ2) is 19.2. The zero-order valence-electron chi connectivity index (χ0n) is 17.5. The molecule has 0 aromatic rings. The Morgan fingerprint density at radius 2 is 1.04 bits per heavy atom. The molecule has 26 heavy (non-hydrogen) atoms. The van der Waals surface area contributed by atoms with Crippen molar-refractivity contribution < 1.29 is 47.6 Å². The summed E-state index contributed by atoms with van der Waals surface area (Å²) in [6.45, 7) is 4.35. The van der Waals surface area contributed by atoms with Crippen LogP contribution in [-0.2, 0) is 10.1 Å². The monoisotopic (exact) mass is 400 g/mol. The minimum atomic E-state index is -4.42. The van der Waals surface area contributed by atoms with Crippen LogP contribution in [0.3, 0.4) is 0 Å². The van der Waals surface area contributed by atoms with E-state index in [1.807, 2.05) is 0 Å². The summed E-state index contributed by atoms with van der Waals surface area (Å²) < 4.78 is 34.4. The minimum absolute atomic E-state index is 0. The van der Waals surface area contributed by atoms with Gasteiger partial charge in [-0.15, -0.1) is 0 Å². The molecule has 0 fully saturated rings. The quantitative estimate of drug-likeness (QED) is 0.218. The van der Waals surface area contributed by atoms with Crippen LogP contribution in [0.2, 0.25) is 0 Å². The number of unbranched alkanes of at least 4 members (excludes halogenated alkanes) is 12. The molecule has 0 aliphatic heterocycles. The van der Waals surface area contributed by atoms with Crippen molar-refractivity contribution in [2.24, 2.45) is 0 Å². The molecule has 4 nitrogen and oxygen atoms in total. The SMILES string of the molecule is CCCCCCCCCCCC(C(O)CCCCCCC)S(=O)(=O)[O-].[Na+]. The zero-order chi connectivity index (χ0) is 19.0. The van der Waals surface area contributed by atoms with Crippen LogP contribution in [-0.4, -0.2) is 29.4 Å². The first kappa shape index (κ1) is 29.1. The van der Waals surface area contributed by atoms with Gasteiger partial charge in [0.25, 0.3) is 0 Å². The summed E-state index contributed by atoms with van der Waals surface area (Å²) in [5.41, 5.74) is 0. The zero-order valence-corrected chi connectivity index (χ0v) is 20.4.